The minimum absolute atomic E-state index is 0.0260. The lowest BCUT2D eigenvalue weighted by Crippen LogP contribution is -2.11. The average molecular weight is 365 g/mol. The van der Waals surface area contributed by atoms with E-state index < -0.39 is 0 Å². The number of amides is 1. The number of hydrogen-bond donors (Lipinski definition) is 1. The lowest BCUT2D eigenvalue weighted by Gasteiger charge is -2.04. The van der Waals surface area contributed by atoms with Crippen LogP contribution in [0.2, 0.25) is 0 Å². The summed E-state index contributed by atoms with van der Waals surface area (Å²) in [5.41, 5.74) is 7.05. The van der Waals surface area contributed by atoms with E-state index in [1.807, 2.05) is 5.38 Å². The van der Waals surface area contributed by atoms with Crippen molar-refractivity contribution < 1.29 is 4.79 Å². The third kappa shape index (κ3) is 4.79. The number of anilines is 1. The standard InChI is InChI=1S/C22H24N2OS/c1-15-7-10-18(11-8-15)5-4-6-21(25)24-22-23-20(14-26-22)19-12-9-16(2)17(3)13-19/h7-14H,4-6H2,1-3H3,(H,23,24,25). The molecule has 0 atom stereocenters. The normalized spacial score (nSPS) is 10.7. The number of thiazole rings is 1. The minimum Gasteiger partial charge on any atom is -0.302 e. The molecule has 134 valence electrons. The van der Waals surface area contributed by atoms with E-state index in [0.717, 1.165) is 24.1 Å². The zero-order valence-corrected chi connectivity index (χ0v) is 16.3. The molecule has 26 heavy (non-hydrogen) atoms. The van der Waals surface area contributed by atoms with Gasteiger partial charge in [0.05, 0.1) is 5.69 Å². The van der Waals surface area contributed by atoms with Crippen molar-refractivity contribution in [1.29, 1.82) is 0 Å². The summed E-state index contributed by atoms with van der Waals surface area (Å²) < 4.78 is 0. The second kappa shape index (κ2) is 8.28. The molecule has 1 amide bonds. The van der Waals surface area contributed by atoms with E-state index in [4.69, 9.17) is 0 Å². The van der Waals surface area contributed by atoms with Crippen LogP contribution in [0.5, 0.6) is 0 Å². The molecule has 0 saturated heterocycles. The molecule has 0 spiro atoms. The number of carbonyl (C=O) groups excluding carboxylic acids is 1. The highest BCUT2D eigenvalue weighted by Crippen LogP contribution is 2.26. The quantitative estimate of drug-likeness (QED) is 0.610. The molecular formula is C22H24N2OS. The van der Waals surface area contributed by atoms with Crippen molar-refractivity contribution in [1.82, 2.24) is 4.98 Å². The Labute approximate surface area is 159 Å². The second-order valence-corrected chi connectivity index (χ2v) is 7.58. The average Bonchev–Trinajstić information content (AvgIpc) is 3.07. The fourth-order valence-electron chi connectivity index (χ4n) is 2.75. The first-order chi connectivity index (χ1) is 12.5. The lowest BCUT2D eigenvalue weighted by atomic mass is 10.1. The summed E-state index contributed by atoms with van der Waals surface area (Å²) in [5.74, 6) is 0.0260. The van der Waals surface area contributed by atoms with Crippen LogP contribution in [0.3, 0.4) is 0 Å². The predicted octanol–water partition coefficient (Wildman–Crippen LogP) is 5.70. The van der Waals surface area contributed by atoms with Gasteiger partial charge < -0.3 is 5.32 Å². The van der Waals surface area contributed by atoms with Crippen LogP contribution in [0, 0.1) is 20.8 Å². The molecule has 0 radical (unpaired) electrons. The number of rotatable bonds is 6. The highest BCUT2D eigenvalue weighted by molar-refractivity contribution is 7.14. The van der Waals surface area contributed by atoms with Crippen molar-refractivity contribution in [2.45, 2.75) is 40.0 Å². The molecule has 3 aromatic rings. The maximum absolute atomic E-state index is 12.2. The number of nitrogens with zero attached hydrogens (tertiary/aromatic N) is 1. The van der Waals surface area contributed by atoms with E-state index in [1.165, 1.54) is 33.6 Å². The largest absolute Gasteiger partial charge is 0.302 e. The summed E-state index contributed by atoms with van der Waals surface area (Å²) in [6.07, 6.45) is 2.26. The van der Waals surface area contributed by atoms with Crippen molar-refractivity contribution in [3.8, 4) is 11.3 Å². The van der Waals surface area contributed by atoms with Gasteiger partial charge in [-0.05, 0) is 56.4 Å². The Kier molecular flexibility index (Phi) is 5.84. The number of hydrogen-bond acceptors (Lipinski definition) is 3. The second-order valence-electron chi connectivity index (χ2n) is 6.72. The van der Waals surface area contributed by atoms with E-state index in [9.17, 15) is 4.79 Å². The van der Waals surface area contributed by atoms with E-state index >= 15 is 0 Å². The van der Waals surface area contributed by atoms with Gasteiger partial charge in [0.2, 0.25) is 5.91 Å². The van der Waals surface area contributed by atoms with Crippen LogP contribution < -0.4 is 5.32 Å². The summed E-state index contributed by atoms with van der Waals surface area (Å²) in [6, 6.07) is 14.8. The first-order valence-corrected chi connectivity index (χ1v) is 9.78. The molecule has 0 aliphatic rings. The summed E-state index contributed by atoms with van der Waals surface area (Å²) in [7, 11) is 0. The smallest absolute Gasteiger partial charge is 0.226 e. The predicted molar refractivity (Wildman–Crippen MR) is 110 cm³/mol. The highest BCUT2D eigenvalue weighted by Gasteiger charge is 2.09. The molecule has 0 aliphatic heterocycles. The SMILES string of the molecule is Cc1ccc(CCCC(=O)Nc2nc(-c3ccc(C)c(C)c3)cs2)cc1. The van der Waals surface area contributed by atoms with Crippen molar-refractivity contribution in [2.24, 2.45) is 0 Å². The Morgan fingerprint density at radius 2 is 1.81 bits per heavy atom. The molecule has 0 saturated carbocycles. The fraction of sp³-hybridized carbons (Fsp3) is 0.273. The Morgan fingerprint density at radius 3 is 2.54 bits per heavy atom. The maximum atomic E-state index is 12.2. The first-order valence-electron chi connectivity index (χ1n) is 8.90. The van der Waals surface area contributed by atoms with Crippen molar-refractivity contribution in [3.63, 3.8) is 0 Å². The summed E-state index contributed by atoms with van der Waals surface area (Å²) in [5, 5.41) is 5.58. The topological polar surface area (TPSA) is 42.0 Å². The number of benzene rings is 2. The van der Waals surface area contributed by atoms with Crippen LogP contribution in [0.25, 0.3) is 11.3 Å². The van der Waals surface area contributed by atoms with Gasteiger partial charge in [-0.2, -0.15) is 0 Å². The molecule has 1 aromatic heterocycles. The Balaban J connectivity index is 1.52. The molecule has 1 heterocycles. The number of aromatic nitrogens is 1. The van der Waals surface area contributed by atoms with E-state index in [0.29, 0.717) is 11.6 Å². The third-order valence-electron chi connectivity index (χ3n) is 4.54. The van der Waals surface area contributed by atoms with Gasteiger partial charge in [-0.25, -0.2) is 4.98 Å². The van der Waals surface area contributed by atoms with Crippen LogP contribution in [0.15, 0.2) is 47.8 Å². The van der Waals surface area contributed by atoms with Crippen molar-refractivity contribution in [3.05, 3.63) is 70.1 Å². The molecule has 0 unspecified atom stereocenters. The van der Waals surface area contributed by atoms with Gasteiger partial charge >= 0.3 is 0 Å². The van der Waals surface area contributed by atoms with Gasteiger partial charge in [0.1, 0.15) is 0 Å². The van der Waals surface area contributed by atoms with Gasteiger partial charge in [-0.15, -0.1) is 11.3 Å². The Morgan fingerprint density at radius 1 is 1.04 bits per heavy atom. The van der Waals surface area contributed by atoms with Crippen LogP contribution in [-0.4, -0.2) is 10.9 Å². The number of nitrogens with one attached hydrogen (secondary N) is 1. The molecule has 2 aromatic carbocycles. The number of carbonyl (C=O) groups is 1. The monoisotopic (exact) mass is 364 g/mol. The minimum atomic E-state index is 0.0260. The van der Waals surface area contributed by atoms with Crippen LogP contribution in [-0.2, 0) is 11.2 Å². The van der Waals surface area contributed by atoms with Gasteiger partial charge in [-0.3, -0.25) is 4.79 Å². The molecule has 0 bridgehead atoms. The molecule has 3 nitrogen and oxygen atoms in total. The fourth-order valence-corrected chi connectivity index (χ4v) is 3.49. The van der Waals surface area contributed by atoms with Crippen LogP contribution in [0.4, 0.5) is 5.13 Å². The Bertz CT molecular complexity index is 897. The summed E-state index contributed by atoms with van der Waals surface area (Å²) in [4.78, 5) is 16.7. The number of aryl methyl sites for hydroxylation is 4. The molecule has 0 fully saturated rings. The zero-order chi connectivity index (χ0) is 18.5. The van der Waals surface area contributed by atoms with Crippen molar-refractivity contribution >= 4 is 22.4 Å². The summed E-state index contributed by atoms with van der Waals surface area (Å²) in [6.45, 7) is 6.28. The first kappa shape index (κ1) is 18.3. The van der Waals surface area contributed by atoms with Crippen molar-refractivity contribution in [2.75, 3.05) is 5.32 Å². The highest BCUT2D eigenvalue weighted by atomic mass is 32.1. The van der Waals surface area contributed by atoms with E-state index in [2.05, 4.69) is 73.5 Å². The van der Waals surface area contributed by atoms with Gasteiger partial charge in [0.25, 0.3) is 0 Å². The van der Waals surface area contributed by atoms with E-state index in [-0.39, 0.29) is 5.91 Å². The maximum Gasteiger partial charge on any atom is 0.226 e. The molecule has 0 aliphatic carbocycles. The van der Waals surface area contributed by atoms with Gasteiger partial charge in [0, 0.05) is 17.4 Å². The lowest BCUT2D eigenvalue weighted by molar-refractivity contribution is -0.116. The summed E-state index contributed by atoms with van der Waals surface area (Å²) >= 11 is 1.47. The van der Waals surface area contributed by atoms with E-state index in [1.54, 1.807) is 0 Å². The molecule has 1 N–H and O–H groups in total. The zero-order valence-electron chi connectivity index (χ0n) is 15.5. The molecule has 3 rings (SSSR count). The van der Waals surface area contributed by atoms with Crippen LogP contribution >= 0.6 is 11.3 Å². The third-order valence-corrected chi connectivity index (χ3v) is 5.30. The Hall–Kier alpha value is -2.46. The van der Waals surface area contributed by atoms with Gasteiger partial charge in [-0.1, -0.05) is 42.0 Å². The van der Waals surface area contributed by atoms with Gasteiger partial charge in [0.15, 0.2) is 5.13 Å². The van der Waals surface area contributed by atoms with Crippen LogP contribution in [0.1, 0.15) is 35.1 Å². The molecular weight excluding hydrogens is 340 g/mol. The molecule has 4 heteroatoms.